The predicted molar refractivity (Wildman–Crippen MR) is 117 cm³/mol. The zero-order chi connectivity index (χ0) is 20.7. The maximum Gasteiger partial charge on any atom is 0.263 e. The Morgan fingerprint density at radius 2 is 1.89 bits per heavy atom. The summed E-state index contributed by atoms with van der Waals surface area (Å²) >= 11 is 2.23. The van der Waals surface area contributed by atoms with Gasteiger partial charge < -0.3 is 20.1 Å². The molecule has 7 heteroatoms. The first-order valence-corrected chi connectivity index (χ1v) is 9.63. The molecule has 0 aliphatic carbocycles. The molecule has 0 saturated carbocycles. The van der Waals surface area contributed by atoms with E-state index in [9.17, 15) is 10.1 Å². The van der Waals surface area contributed by atoms with Crippen LogP contribution in [0, 0.1) is 21.8 Å². The predicted octanol–water partition coefficient (Wildman–Crippen LogP) is 4.31. The summed E-state index contributed by atoms with van der Waals surface area (Å²) in [6.07, 6.45) is 1.42. The highest BCUT2D eigenvalue weighted by atomic mass is 127. The minimum absolute atomic E-state index is 0.00900. The molecule has 0 aliphatic rings. The number of nitrogens with one attached hydrogen (secondary N) is 2. The molecule has 0 saturated heterocycles. The summed E-state index contributed by atoms with van der Waals surface area (Å²) in [4.78, 5) is 12.5. The average Bonchev–Trinajstić information content (AvgIpc) is 2.69. The number of halogens is 1. The zero-order valence-electron chi connectivity index (χ0n) is 16.2. The van der Waals surface area contributed by atoms with Gasteiger partial charge in [-0.15, -0.1) is 0 Å². The maximum absolute atomic E-state index is 12.5. The van der Waals surface area contributed by atoms with Crippen molar-refractivity contribution < 1.29 is 14.3 Å². The molecule has 2 N–H and O–H groups in total. The fourth-order valence-corrected chi connectivity index (χ4v) is 3.21. The Morgan fingerprint density at radius 3 is 2.50 bits per heavy atom. The Hall–Kier alpha value is -2.73. The van der Waals surface area contributed by atoms with Gasteiger partial charge in [0.25, 0.3) is 5.91 Å². The van der Waals surface area contributed by atoms with Gasteiger partial charge in [0.05, 0.1) is 20.3 Å². The Morgan fingerprint density at radius 1 is 1.18 bits per heavy atom. The topological polar surface area (TPSA) is 83.4 Å². The van der Waals surface area contributed by atoms with E-state index in [2.05, 4.69) is 33.2 Å². The lowest BCUT2D eigenvalue weighted by Crippen LogP contribution is -2.28. The van der Waals surface area contributed by atoms with E-state index in [1.807, 2.05) is 44.2 Å². The van der Waals surface area contributed by atoms with Gasteiger partial charge in [-0.25, -0.2) is 0 Å². The van der Waals surface area contributed by atoms with Crippen LogP contribution in [0.5, 0.6) is 11.5 Å². The van der Waals surface area contributed by atoms with E-state index in [1.165, 1.54) is 6.20 Å². The summed E-state index contributed by atoms with van der Waals surface area (Å²) in [6, 6.07) is 12.9. The summed E-state index contributed by atoms with van der Waals surface area (Å²) < 4.78 is 11.6. The normalized spacial score (nSPS) is 11.9. The maximum atomic E-state index is 12.5. The summed E-state index contributed by atoms with van der Waals surface area (Å²) in [7, 11) is 3.12. The van der Waals surface area contributed by atoms with Crippen molar-refractivity contribution in [2.45, 2.75) is 19.9 Å². The van der Waals surface area contributed by atoms with E-state index >= 15 is 0 Å². The molecule has 0 aliphatic heterocycles. The van der Waals surface area contributed by atoms with Crippen LogP contribution in [0.3, 0.4) is 0 Å². The van der Waals surface area contributed by atoms with Crippen LogP contribution in [-0.2, 0) is 4.79 Å². The fourth-order valence-electron chi connectivity index (χ4n) is 2.57. The summed E-state index contributed by atoms with van der Waals surface area (Å²) in [6.45, 7) is 3.80. The van der Waals surface area contributed by atoms with Crippen LogP contribution < -0.4 is 20.1 Å². The number of methoxy groups -OCH3 is 2. The second kappa shape index (κ2) is 9.99. The Balaban J connectivity index is 2.11. The second-order valence-corrected chi connectivity index (χ2v) is 7.33. The van der Waals surface area contributed by atoms with E-state index in [0.29, 0.717) is 11.5 Å². The summed E-state index contributed by atoms with van der Waals surface area (Å²) in [5, 5.41) is 15.2. The minimum atomic E-state index is -0.458. The highest BCUT2D eigenvalue weighted by Gasteiger charge is 2.15. The molecule has 0 fully saturated rings. The molecule has 2 aromatic rings. The number of amides is 1. The molecule has 6 nitrogen and oxygen atoms in total. The van der Waals surface area contributed by atoms with E-state index in [-0.39, 0.29) is 11.6 Å². The smallest absolute Gasteiger partial charge is 0.263 e. The molecular weight excluding hydrogens is 469 g/mol. The lowest BCUT2D eigenvalue weighted by Gasteiger charge is -2.16. The van der Waals surface area contributed by atoms with Gasteiger partial charge in [-0.1, -0.05) is 6.07 Å². The molecular formula is C21H22IN3O3. The highest BCUT2D eigenvalue weighted by molar-refractivity contribution is 14.1. The minimum Gasteiger partial charge on any atom is -0.493 e. The number of aryl methyl sites for hydroxylation is 1. The number of benzene rings is 2. The van der Waals surface area contributed by atoms with E-state index in [4.69, 9.17) is 9.47 Å². The van der Waals surface area contributed by atoms with Gasteiger partial charge in [0.2, 0.25) is 0 Å². The van der Waals surface area contributed by atoms with Crippen molar-refractivity contribution >= 4 is 34.2 Å². The van der Waals surface area contributed by atoms with Crippen LogP contribution in [0.25, 0.3) is 0 Å². The monoisotopic (exact) mass is 491 g/mol. The van der Waals surface area contributed by atoms with E-state index in [0.717, 1.165) is 20.4 Å². The standard InChI is InChI=1S/C21H22IN3O3/c1-13-9-17(22)6-7-18(13)24-12-16(11-23)21(26)25-14(2)15-5-8-19(27-3)20(10-15)28-4/h5-10,12,14,24H,1-4H3,(H,25,26)/b16-12-. The summed E-state index contributed by atoms with van der Waals surface area (Å²) in [5.41, 5.74) is 2.70. The van der Waals surface area contributed by atoms with Gasteiger partial charge in [-0.2, -0.15) is 5.26 Å². The van der Waals surface area contributed by atoms with Crippen molar-refractivity contribution in [3.63, 3.8) is 0 Å². The first-order chi connectivity index (χ1) is 13.4. The van der Waals surface area contributed by atoms with Crippen LogP contribution in [0.15, 0.2) is 48.2 Å². The number of nitriles is 1. The number of hydrogen-bond donors (Lipinski definition) is 2. The van der Waals surface area contributed by atoms with Gasteiger partial charge in [0.15, 0.2) is 11.5 Å². The summed E-state index contributed by atoms with van der Waals surface area (Å²) in [5.74, 6) is 0.730. The molecule has 0 radical (unpaired) electrons. The van der Waals surface area contributed by atoms with Crippen molar-refractivity contribution in [1.29, 1.82) is 5.26 Å². The number of carbonyl (C=O) groups is 1. The number of ether oxygens (including phenoxy) is 2. The van der Waals surface area contributed by atoms with Crippen molar-refractivity contribution in [1.82, 2.24) is 5.32 Å². The molecule has 0 heterocycles. The van der Waals surface area contributed by atoms with Crippen LogP contribution >= 0.6 is 22.6 Å². The first kappa shape index (κ1) is 21.6. The van der Waals surface area contributed by atoms with Crippen molar-refractivity contribution in [2.24, 2.45) is 0 Å². The molecule has 0 aromatic heterocycles. The molecule has 28 heavy (non-hydrogen) atoms. The van der Waals surface area contributed by atoms with Crippen LogP contribution in [0.1, 0.15) is 24.1 Å². The zero-order valence-corrected chi connectivity index (χ0v) is 18.3. The number of nitrogens with zero attached hydrogens (tertiary/aromatic N) is 1. The van der Waals surface area contributed by atoms with Gasteiger partial charge in [-0.05, 0) is 77.9 Å². The third-order valence-electron chi connectivity index (χ3n) is 4.18. The Labute approximate surface area is 178 Å². The van der Waals surface area contributed by atoms with Gasteiger partial charge in [0.1, 0.15) is 11.6 Å². The molecule has 146 valence electrons. The third-order valence-corrected chi connectivity index (χ3v) is 4.85. The highest BCUT2D eigenvalue weighted by Crippen LogP contribution is 2.30. The van der Waals surface area contributed by atoms with Gasteiger partial charge in [-0.3, -0.25) is 4.79 Å². The number of anilines is 1. The molecule has 0 spiro atoms. The van der Waals surface area contributed by atoms with E-state index < -0.39 is 5.91 Å². The molecule has 2 aromatic carbocycles. The number of hydrogen-bond acceptors (Lipinski definition) is 5. The lowest BCUT2D eigenvalue weighted by molar-refractivity contribution is -0.117. The van der Waals surface area contributed by atoms with Crippen LogP contribution in [-0.4, -0.2) is 20.1 Å². The van der Waals surface area contributed by atoms with Gasteiger partial charge >= 0.3 is 0 Å². The Kier molecular flexibility index (Phi) is 7.70. The Bertz CT molecular complexity index is 935. The van der Waals surface area contributed by atoms with Crippen molar-refractivity contribution in [2.75, 3.05) is 19.5 Å². The fraction of sp³-hybridized carbons (Fsp3) is 0.238. The van der Waals surface area contributed by atoms with Crippen LogP contribution in [0.4, 0.5) is 5.69 Å². The second-order valence-electron chi connectivity index (χ2n) is 6.08. The third kappa shape index (κ3) is 5.39. The quantitative estimate of drug-likeness (QED) is 0.343. The first-order valence-electron chi connectivity index (χ1n) is 8.55. The lowest BCUT2D eigenvalue weighted by atomic mass is 10.1. The molecule has 1 amide bonds. The average molecular weight is 491 g/mol. The SMILES string of the molecule is COc1ccc(C(C)NC(=O)/C(C#N)=C\Nc2ccc(I)cc2C)cc1OC. The molecule has 0 bridgehead atoms. The molecule has 1 atom stereocenters. The number of carbonyl (C=O) groups excluding carboxylic acids is 1. The molecule has 2 rings (SSSR count). The van der Waals surface area contributed by atoms with Crippen LogP contribution in [0.2, 0.25) is 0 Å². The van der Waals surface area contributed by atoms with E-state index in [1.54, 1.807) is 26.4 Å². The van der Waals surface area contributed by atoms with Crippen molar-refractivity contribution in [3.8, 4) is 17.6 Å². The number of rotatable bonds is 7. The van der Waals surface area contributed by atoms with Crippen molar-refractivity contribution in [3.05, 3.63) is 62.9 Å². The van der Waals surface area contributed by atoms with Gasteiger partial charge in [0, 0.05) is 15.5 Å². The molecule has 1 unspecified atom stereocenters. The largest absolute Gasteiger partial charge is 0.493 e.